The van der Waals surface area contributed by atoms with Crippen molar-refractivity contribution in [2.75, 3.05) is 0 Å². The first-order valence-electron chi connectivity index (χ1n) is 21.0. The molecule has 0 aliphatic carbocycles. The molecule has 9 rings (SSSR count). The molecule has 9 aromatic rings. The van der Waals surface area contributed by atoms with Crippen molar-refractivity contribution in [1.82, 2.24) is 4.98 Å². The minimum Gasteiger partial charge on any atom is -0.0622 e. The summed E-state index contributed by atoms with van der Waals surface area (Å²) in [6.07, 6.45) is 1.96. The topological polar surface area (TPSA) is 12.9 Å². The molecule has 0 saturated heterocycles. The number of pyridine rings is 1. The third-order valence-corrected chi connectivity index (χ3v) is 17.2. The van der Waals surface area contributed by atoms with Crippen molar-refractivity contribution in [3.63, 3.8) is 0 Å². The normalized spacial score (nSPS) is 10.5. The maximum absolute atomic E-state index is 4.73. The van der Waals surface area contributed by atoms with Gasteiger partial charge in [0.1, 0.15) is 0 Å². The summed E-state index contributed by atoms with van der Waals surface area (Å²) < 4.78 is 0. The van der Waals surface area contributed by atoms with E-state index in [0.29, 0.717) is 0 Å². The molecule has 0 aliphatic heterocycles. The molecule has 0 saturated carbocycles. The van der Waals surface area contributed by atoms with Gasteiger partial charge in [-0.15, -0.1) is 0 Å². The smallest absolute Gasteiger partial charge is 0.0134 e. The van der Waals surface area contributed by atoms with E-state index in [2.05, 4.69) is 301 Å². The van der Waals surface area contributed by atoms with E-state index in [9.17, 15) is 0 Å². The van der Waals surface area contributed by atoms with Gasteiger partial charge in [-0.2, -0.15) is 0 Å². The standard InChI is InChI=1S/C21H22NP.2C18H15P.2Cu.2HI/c1-21(2,3)17-14-15-22-20(16-17)23(18-10-6-4-7-11-18)19-12-8-5-9-13-19;2*1-4-10-16(11-5-1)19(17-12-6-2-7-13-17)18-14-8-3-9-15-18;;;;/h4-16H,1-3H3;2*1-15H;;;2*1H/q;;;2*+1;;/p-2. The van der Waals surface area contributed by atoms with Gasteiger partial charge in [-0.05, 0) is 81.4 Å². The number of hydrogen-bond donors (Lipinski definition) is 0. The maximum Gasteiger partial charge on any atom is -0.0134 e. The fourth-order valence-corrected chi connectivity index (χ4v) is 13.8. The minimum atomic E-state index is -0.620. The Morgan fingerprint density at radius 1 is 0.308 bits per heavy atom. The molecule has 1 heterocycles. The second kappa shape index (κ2) is 29.5. The first-order chi connectivity index (χ1) is 32.0. The van der Waals surface area contributed by atoms with Crippen LogP contribution >= 0.6 is 64.5 Å². The summed E-state index contributed by atoms with van der Waals surface area (Å²) in [5, 5.41) is 11.1. The van der Waals surface area contributed by atoms with Crippen molar-refractivity contribution >= 4 is 112 Å². The van der Waals surface area contributed by atoms with E-state index in [1.807, 2.05) is 6.20 Å². The van der Waals surface area contributed by atoms with Crippen LogP contribution in [0.1, 0.15) is 26.3 Å². The van der Waals surface area contributed by atoms with E-state index in [4.69, 9.17) is 4.98 Å². The summed E-state index contributed by atoms with van der Waals surface area (Å²) in [5.74, 6) is 0. The van der Waals surface area contributed by atoms with Gasteiger partial charge in [0.15, 0.2) is 0 Å². The van der Waals surface area contributed by atoms with Crippen molar-refractivity contribution in [2.45, 2.75) is 26.2 Å². The Morgan fingerprint density at radius 3 is 0.708 bits per heavy atom. The Balaban J connectivity index is 0.000000177. The van der Waals surface area contributed by atoms with E-state index in [-0.39, 0.29) is 5.41 Å². The largest absolute Gasteiger partial charge is 0.0622 e. The van der Waals surface area contributed by atoms with Crippen molar-refractivity contribution in [2.24, 2.45) is 0 Å². The van der Waals surface area contributed by atoms with Crippen LogP contribution in [0.2, 0.25) is 0 Å². The number of nitrogens with zero attached hydrogens (tertiary/aromatic N) is 1. The van der Waals surface area contributed by atoms with Gasteiger partial charge in [0.2, 0.25) is 0 Å². The van der Waals surface area contributed by atoms with Gasteiger partial charge in [-0.25, -0.2) is 0 Å². The van der Waals surface area contributed by atoms with Crippen LogP contribution in [0.25, 0.3) is 0 Å². The van der Waals surface area contributed by atoms with Crippen LogP contribution in [0.4, 0.5) is 0 Å². The molecule has 0 unspecified atom stereocenters. The fourth-order valence-electron chi connectivity index (χ4n) is 6.93. The molecule has 8 heteroatoms. The Bertz CT molecular complexity index is 2270. The molecule has 1 nitrogen and oxygen atoms in total. The molecule has 0 aliphatic rings. The van der Waals surface area contributed by atoms with Gasteiger partial charge in [-0.1, -0.05) is 263 Å². The molecule has 65 heavy (non-hydrogen) atoms. The van der Waals surface area contributed by atoms with Crippen molar-refractivity contribution in [3.8, 4) is 0 Å². The maximum atomic E-state index is 4.73. The number of rotatable bonds is 9. The zero-order chi connectivity index (χ0) is 46.1. The Hall–Kier alpha value is -3.30. The van der Waals surface area contributed by atoms with E-state index >= 15 is 0 Å². The predicted octanol–water partition coefficient (Wildman–Crippen LogP) is 12.8. The Kier molecular flexibility index (Phi) is 23.9. The molecule has 336 valence electrons. The zero-order valence-corrected chi connectivity index (χ0v) is 45.4. The van der Waals surface area contributed by atoms with Gasteiger partial charge in [0.05, 0.1) is 5.44 Å². The van der Waals surface area contributed by atoms with Crippen molar-refractivity contribution in [1.29, 1.82) is 0 Å². The van der Waals surface area contributed by atoms with Crippen LogP contribution in [-0.4, -0.2) is 4.98 Å². The fraction of sp³-hybridized carbons (Fsp3) is 0.0702. The molecule has 0 radical (unpaired) electrons. The molecule has 0 bridgehead atoms. The number of benzene rings is 8. The summed E-state index contributed by atoms with van der Waals surface area (Å²) >= 11 is 11.7. The summed E-state index contributed by atoms with van der Waals surface area (Å²) in [5.41, 5.74) is 2.64. The van der Waals surface area contributed by atoms with Crippen LogP contribution < -0.4 is 47.9 Å². The van der Waals surface area contributed by atoms with Crippen LogP contribution in [0.5, 0.6) is 0 Å². The number of hydrogen-bond acceptors (Lipinski definition) is 1. The van der Waals surface area contributed by atoms with Crippen LogP contribution in [0.15, 0.2) is 261 Å². The van der Waals surface area contributed by atoms with Crippen LogP contribution in [-0.2, 0) is 30.9 Å². The SMILES string of the molecule is CC(C)(C)c1ccnc(P(c2ccccc2)c2ccccc2)c1.[Cu][I].[Cu][I].c1ccc(P(c2ccccc2)c2ccccc2)cc1.c1ccc(P(c2ccccc2)c2ccccc2)cc1. The van der Waals surface area contributed by atoms with Crippen molar-refractivity contribution in [3.05, 3.63) is 267 Å². The van der Waals surface area contributed by atoms with E-state index < -0.39 is 23.8 Å². The number of aromatic nitrogens is 1. The van der Waals surface area contributed by atoms with Gasteiger partial charge in [0.25, 0.3) is 0 Å². The first kappa shape index (κ1) is 52.7. The van der Waals surface area contributed by atoms with Crippen LogP contribution in [0.3, 0.4) is 0 Å². The molecule has 1 aromatic heterocycles. The summed E-state index contributed by atoms with van der Waals surface area (Å²) in [4.78, 5) is 4.73. The summed E-state index contributed by atoms with van der Waals surface area (Å²) in [6, 6.07) is 90.5. The second-order valence-electron chi connectivity index (χ2n) is 15.3. The molecular formula is C57H52Cu2I2NP3. The van der Waals surface area contributed by atoms with Gasteiger partial charge in [-0.3, -0.25) is 4.98 Å². The predicted molar refractivity (Wildman–Crippen MR) is 300 cm³/mol. The van der Waals surface area contributed by atoms with E-state index in [1.165, 1.54) is 53.4 Å². The Morgan fingerprint density at radius 2 is 0.508 bits per heavy atom. The van der Waals surface area contributed by atoms with E-state index in [0.717, 1.165) is 0 Å². The third-order valence-electron chi connectivity index (χ3n) is 9.96. The molecule has 0 amide bonds. The van der Waals surface area contributed by atoms with Gasteiger partial charge in [0, 0.05) is 14.1 Å². The van der Waals surface area contributed by atoms with Gasteiger partial charge >= 0.3 is 66.2 Å². The second-order valence-corrected chi connectivity index (χ2v) is 21.9. The summed E-state index contributed by atoms with van der Waals surface area (Å²) in [6.45, 7) is 6.75. The average molecular weight is 1220 g/mol. The zero-order valence-electron chi connectivity index (χ0n) is 36.5. The van der Waals surface area contributed by atoms with E-state index in [1.54, 1.807) is 40.7 Å². The quantitative estimate of drug-likeness (QED) is 0.0797. The van der Waals surface area contributed by atoms with Gasteiger partial charge < -0.3 is 0 Å². The molecule has 0 N–H and O–H groups in total. The third kappa shape index (κ3) is 16.5. The molecular weight excluding hydrogens is 1170 g/mol. The molecule has 0 fully saturated rings. The van der Waals surface area contributed by atoms with Crippen LogP contribution in [0, 0.1) is 0 Å². The molecule has 0 atom stereocenters. The van der Waals surface area contributed by atoms with Crippen molar-refractivity contribution < 1.29 is 25.5 Å². The summed E-state index contributed by atoms with van der Waals surface area (Å²) in [7, 11) is -1.51. The first-order valence-corrected chi connectivity index (χ1v) is 31.1. The monoisotopic (exact) mass is 1220 g/mol. The number of halogens is 2. The minimum absolute atomic E-state index is 0.131. The molecule has 8 aromatic carbocycles. The average Bonchev–Trinajstić information content (AvgIpc) is 3.38. The molecule has 0 spiro atoms. The Labute approximate surface area is 431 Å².